The molecule has 71 heavy (non-hydrogen) atoms. The lowest BCUT2D eigenvalue weighted by atomic mass is 9.98. The second-order valence-corrected chi connectivity index (χ2v) is 18.5. The zero-order chi connectivity index (χ0) is 51.8. The van der Waals surface area contributed by atoms with Gasteiger partial charge in [0, 0.05) is 19.3 Å². The lowest BCUT2D eigenvalue weighted by Gasteiger charge is -2.40. The molecule has 1 saturated heterocycles. The van der Waals surface area contributed by atoms with Crippen molar-refractivity contribution in [3.63, 3.8) is 0 Å². The first-order valence-corrected chi connectivity index (χ1v) is 27.6. The monoisotopic (exact) mass is 997 g/mol. The van der Waals surface area contributed by atoms with Gasteiger partial charge in [0.05, 0.1) is 6.61 Å². The van der Waals surface area contributed by atoms with Crippen LogP contribution in [0.4, 0.5) is 0 Å². The summed E-state index contributed by atoms with van der Waals surface area (Å²) in [7, 11) is 0. The van der Waals surface area contributed by atoms with E-state index >= 15 is 0 Å². The Labute approximate surface area is 429 Å². The third kappa shape index (κ3) is 37.3. The first-order valence-electron chi connectivity index (χ1n) is 27.6. The molecule has 0 radical (unpaired) electrons. The number of carboxylic acids is 1. The van der Waals surface area contributed by atoms with Gasteiger partial charge in [0.15, 0.2) is 24.6 Å². The van der Waals surface area contributed by atoms with Gasteiger partial charge in [-0.2, -0.15) is 0 Å². The summed E-state index contributed by atoms with van der Waals surface area (Å²) >= 11 is 0. The molecule has 1 aliphatic rings. The van der Waals surface area contributed by atoms with E-state index in [1.165, 1.54) is 0 Å². The fourth-order valence-electron chi connectivity index (χ4n) is 7.69. The number of aliphatic carboxylic acids is 1. The summed E-state index contributed by atoms with van der Waals surface area (Å²) in [6, 6.07) is 0. The third-order valence-electron chi connectivity index (χ3n) is 11.9. The Balaban J connectivity index is 2.75. The lowest BCUT2D eigenvalue weighted by Crippen LogP contribution is -2.61. The van der Waals surface area contributed by atoms with Crippen molar-refractivity contribution in [2.45, 2.75) is 250 Å². The normalized spacial score (nSPS) is 19.1. The van der Waals surface area contributed by atoms with Crippen LogP contribution in [0.3, 0.4) is 0 Å². The van der Waals surface area contributed by atoms with Gasteiger partial charge in [0.1, 0.15) is 18.8 Å². The molecule has 0 aromatic rings. The van der Waals surface area contributed by atoms with Crippen LogP contribution in [-0.4, -0.2) is 89.2 Å². The van der Waals surface area contributed by atoms with Gasteiger partial charge in [-0.25, -0.2) is 4.79 Å². The van der Waals surface area contributed by atoms with E-state index in [-0.39, 0.29) is 25.9 Å². The molecule has 1 rings (SSSR count). The zero-order valence-corrected chi connectivity index (χ0v) is 44.2. The number of carboxylic acid groups (broad SMARTS) is 1. The summed E-state index contributed by atoms with van der Waals surface area (Å²) < 4.78 is 28.3. The van der Waals surface area contributed by atoms with E-state index in [4.69, 9.17) is 23.7 Å². The largest absolute Gasteiger partial charge is 0.479 e. The zero-order valence-electron chi connectivity index (χ0n) is 44.2. The standard InChI is InChI=1S/C59H96O12/c1-4-7-10-13-16-19-22-25-26-29-30-33-36-39-42-45-51(60)67-48-50(69-52(61)46-43-40-37-34-31-27-23-20-17-14-11-8-5-2)49-68-59-57(55(64)54(63)56(71-59)58(65)66)70-53(62)47-44-41-38-35-32-28-24-21-18-15-12-9-6-3/h7,10-12,14-16,19-21,23-26,50,54-57,59,63-64H,4-6,8-9,13,17-18,22,27-49H2,1-3H3,(H,65,66)/b10-7-,14-11-,15-12-,19-16-,23-20-,24-21-,26-25-. The molecule has 12 nitrogen and oxygen atoms in total. The average molecular weight is 997 g/mol. The highest BCUT2D eigenvalue weighted by molar-refractivity contribution is 5.74. The van der Waals surface area contributed by atoms with Gasteiger partial charge >= 0.3 is 23.9 Å². The van der Waals surface area contributed by atoms with Gasteiger partial charge in [-0.15, -0.1) is 0 Å². The number of allylic oxidation sites excluding steroid dienone is 14. The Bertz CT molecular complexity index is 1560. The summed E-state index contributed by atoms with van der Waals surface area (Å²) in [6.07, 6.45) is 47.0. The van der Waals surface area contributed by atoms with Gasteiger partial charge in [0.2, 0.25) is 0 Å². The predicted octanol–water partition coefficient (Wildman–Crippen LogP) is 13.6. The van der Waals surface area contributed by atoms with E-state index in [2.05, 4.69) is 106 Å². The van der Waals surface area contributed by atoms with Gasteiger partial charge in [-0.3, -0.25) is 14.4 Å². The molecule has 1 heterocycles. The summed E-state index contributed by atoms with van der Waals surface area (Å²) in [5.74, 6) is -3.19. The Morgan fingerprint density at radius 3 is 1.35 bits per heavy atom. The van der Waals surface area contributed by atoms with Crippen LogP contribution in [0.2, 0.25) is 0 Å². The maximum absolute atomic E-state index is 13.1. The number of carbonyl (C=O) groups is 4. The highest BCUT2D eigenvalue weighted by atomic mass is 16.7. The lowest BCUT2D eigenvalue weighted by molar-refractivity contribution is -0.301. The molecule has 0 bridgehead atoms. The van der Waals surface area contributed by atoms with Crippen molar-refractivity contribution in [2.75, 3.05) is 13.2 Å². The molecule has 0 aromatic carbocycles. The molecule has 0 amide bonds. The van der Waals surface area contributed by atoms with E-state index in [1.807, 2.05) is 0 Å². The molecule has 0 aliphatic carbocycles. The van der Waals surface area contributed by atoms with Crippen LogP contribution < -0.4 is 0 Å². The topological polar surface area (TPSA) is 175 Å². The van der Waals surface area contributed by atoms with Gasteiger partial charge < -0.3 is 39.0 Å². The molecular weight excluding hydrogens is 901 g/mol. The average Bonchev–Trinajstić information content (AvgIpc) is 3.35. The SMILES string of the molecule is CC/C=C\C/C=C\C/C=C\CCCCCCCC(=O)OCC(COC1OC(C(=O)O)C(O)C(O)C1OC(=O)CCCCCCC/C=C\C/C=C\CCC)OC(=O)CCCCCCC/C=C\C/C=C\CCC. The van der Waals surface area contributed by atoms with E-state index < -0.39 is 67.3 Å². The Kier molecular flexibility index (Phi) is 42.9. The number of hydrogen-bond donors (Lipinski definition) is 3. The third-order valence-corrected chi connectivity index (χ3v) is 11.9. The minimum atomic E-state index is -1.91. The number of ether oxygens (including phenoxy) is 5. The summed E-state index contributed by atoms with van der Waals surface area (Å²) in [5.41, 5.74) is 0. The second kappa shape index (κ2) is 46.9. The molecule has 6 unspecified atom stereocenters. The van der Waals surface area contributed by atoms with Crippen LogP contribution in [0.25, 0.3) is 0 Å². The van der Waals surface area contributed by atoms with Crippen LogP contribution >= 0.6 is 0 Å². The molecular formula is C59H96O12. The first-order chi connectivity index (χ1) is 34.6. The van der Waals surface area contributed by atoms with Gasteiger partial charge in [-0.05, 0) is 103 Å². The van der Waals surface area contributed by atoms with Crippen molar-refractivity contribution >= 4 is 23.9 Å². The molecule has 0 saturated carbocycles. The van der Waals surface area contributed by atoms with Gasteiger partial charge in [0.25, 0.3) is 0 Å². The first kappa shape index (κ1) is 64.9. The van der Waals surface area contributed by atoms with Crippen LogP contribution in [0.15, 0.2) is 85.1 Å². The molecule has 0 aromatic heterocycles. The van der Waals surface area contributed by atoms with Crippen LogP contribution in [0.5, 0.6) is 0 Å². The summed E-state index contributed by atoms with van der Waals surface area (Å²) in [5, 5.41) is 31.4. The number of aliphatic hydroxyl groups excluding tert-OH is 2. The van der Waals surface area contributed by atoms with Crippen molar-refractivity contribution in [1.29, 1.82) is 0 Å². The molecule has 1 aliphatic heterocycles. The summed E-state index contributed by atoms with van der Waals surface area (Å²) in [4.78, 5) is 51.0. The number of hydrogen-bond acceptors (Lipinski definition) is 11. The number of unbranched alkanes of at least 4 members (excludes halogenated alkanes) is 17. The Morgan fingerprint density at radius 1 is 0.479 bits per heavy atom. The molecule has 0 spiro atoms. The predicted molar refractivity (Wildman–Crippen MR) is 284 cm³/mol. The minimum Gasteiger partial charge on any atom is -0.479 e. The Morgan fingerprint density at radius 2 is 0.887 bits per heavy atom. The van der Waals surface area contributed by atoms with Crippen LogP contribution in [0.1, 0.15) is 213 Å². The van der Waals surface area contributed by atoms with Crippen molar-refractivity contribution in [2.24, 2.45) is 0 Å². The van der Waals surface area contributed by atoms with E-state index in [0.29, 0.717) is 19.3 Å². The number of aliphatic hydroxyl groups is 2. The molecule has 1 fully saturated rings. The van der Waals surface area contributed by atoms with Crippen LogP contribution in [-0.2, 0) is 42.9 Å². The highest BCUT2D eigenvalue weighted by Gasteiger charge is 2.50. The number of esters is 3. The number of rotatable bonds is 45. The summed E-state index contributed by atoms with van der Waals surface area (Å²) in [6.45, 7) is 5.69. The van der Waals surface area contributed by atoms with E-state index in [1.54, 1.807) is 0 Å². The molecule has 12 heteroatoms. The second-order valence-electron chi connectivity index (χ2n) is 18.5. The van der Waals surface area contributed by atoms with Crippen molar-refractivity contribution in [1.82, 2.24) is 0 Å². The van der Waals surface area contributed by atoms with Crippen LogP contribution in [0, 0.1) is 0 Å². The fraction of sp³-hybridized carbons (Fsp3) is 0.695. The maximum atomic E-state index is 13.1. The van der Waals surface area contributed by atoms with Gasteiger partial charge in [-0.1, -0.05) is 176 Å². The van der Waals surface area contributed by atoms with Crippen molar-refractivity contribution in [3.05, 3.63) is 85.1 Å². The van der Waals surface area contributed by atoms with Crippen molar-refractivity contribution < 1.29 is 58.2 Å². The number of carbonyl (C=O) groups excluding carboxylic acids is 3. The Hall–Kier alpha value is -4.10. The fourth-order valence-corrected chi connectivity index (χ4v) is 7.69. The van der Waals surface area contributed by atoms with Crippen molar-refractivity contribution in [3.8, 4) is 0 Å². The molecule has 3 N–H and O–H groups in total. The quantitative estimate of drug-likeness (QED) is 0.0228. The highest BCUT2D eigenvalue weighted by Crippen LogP contribution is 2.26. The smallest absolute Gasteiger partial charge is 0.335 e. The van der Waals surface area contributed by atoms with E-state index in [9.17, 15) is 34.5 Å². The maximum Gasteiger partial charge on any atom is 0.335 e. The molecule has 404 valence electrons. The molecule has 6 atom stereocenters. The minimum absolute atomic E-state index is 0.0375. The van der Waals surface area contributed by atoms with E-state index in [0.717, 1.165) is 154 Å².